The number of nitrogens with one attached hydrogen (secondary N) is 1. The Labute approximate surface area is 101 Å². The highest BCUT2D eigenvalue weighted by Crippen LogP contribution is 2.23. The number of ether oxygens (including phenoxy) is 1. The summed E-state index contributed by atoms with van der Waals surface area (Å²) in [5.41, 5.74) is 1.09. The molecule has 1 aliphatic rings. The molecule has 2 rings (SSSR count). The normalized spacial score (nSPS) is 21.0. The zero-order valence-electron chi connectivity index (χ0n) is 10.1. The summed E-state index contributed by atoms with van der Waals surface area (Å²) >= 11 is 1.65. The molecule has 2 heterocycles. The van der Waals surface area contributed by atoms with Crippen LogP contribution in [0, 0.1) is 13.8 Å². The molecule has 0 radical (unpaired) electrons. The van der Waals surface area contributed by atoms with Gasteiger partial charge in [0.2, 0.25) is 0 Å². The van der Waals surface area contributed by atoms with Gasteiger partial charge in [-0.25, -0.2) is 4.98 Å². The molecule has 0 bridgehead atoms. The predicted octanol–water partition coefficient (Wildman–Crippen LogP) is 2.67. The molecular formula is C12H20N2OS. The van der Waals surface area contributed by atoms with Crippen molar-refractivity contribution in [1.82, 2.24) is 10.3 Å². The highest BCUT2D eigenvalue weighted by molar-refractivity contribution is 7.13. The minimum atomic E-state index is 0.649. The third-order valence-electron chi connectivity index (χ3n) is 3.11. The first kappa shape index (κ1) is 11.9. The lowest BCUT2D eigenvalue weighted by atomic mass is 10.0. The van der Waals surface area contributed by atoms with Crippen molar-refractivity contribution in [1.29, 1.82) is 0 Å². The van der Waals surface area contributed by atoms with Gasteiger partial charge >= 0.3 is 0 Å². The van der Waals surface area contributed by atoms with Crippen molar-refractivity contribution < 1.29 is 4.74 Å². The molecule has 1 saturated heterocycles. The predicted molar refractivity (Wildman–Crippen MR) is 67.3 cm³/mol. The Balaban J connectivity index is 1.71. The highest BCUT2D eigenvalue weighted by atomic mass is 32.1. The van der Waals surface area contributed by atoms with Crippen LogP contribution < -0.4 is 10.1 Å². The van der Waals surface area contributed by atoms with Gasteiger partial charge in [0, 0.05) is 10.9 Å². The molecule has 16 heavy (non-hydrogen) atoms. The molecule has 1 aliphatic heterocycles. The summed E-state index contributed by atoms with van der Waals surface area (Å²) in [4.78, 5) is 5.62. The van der Waals surface area contributed by atoms with Gasteiger partial charge in [0.25, 0.3) is 5.19 Å². The van der Waals surface area contributed by atoms with Crippen LogP contribution in [0.1, 0.15) is 36.3 Å². The number of hydrogen-bond acceptors (Lipinski definition) is 4. The quantitative estimate of drug-likeness (QED) is 0.878. The zero-order valence-corrected chi connectivity index (χ0v) is 10.9. The molecule has 1 atom stereocenters. The zero-order chi connectivity index (χ0) is 11.4. The second kappa shape index (κ2) is 5.64. The molecule has 4 heteroatoms. The molecule has 0 saturated carbocycles. The van der Waals surface area contributed by atoms with E-state index >= 15 is 0 Å². The lowest BCUT2D eigenvalue weighted by Gasteiger charge is -2.22. The largest absolute Gasteiger partial charge is 0.470 e. The van der Waals surface area contributed by atoms with Gasteiger partial charge in [-0.3, -0.25) is 0 Å². The van der Waals surface area contributed by atoms with Gasteiger partial charge < -0.3 is 10.1 Å². The minimum Gasteiger partial charge on any atom is -0.470 e. The van der Waals surface area contributed by atoms with Crippen LogP contribution in [0.3, 0.4) is 0 Å². The van der Waals surface area contributed by atoms with Gasteiger partial charge in [0.15, 0.2) is 0 Å². The molecule has 1 N–H and O–H groups in total. The molecule has 0 aromatic carbocycles. The van der Waals surface area contributed by atoms with Crippen LogP contribution in [-0.2, 0) is 0 Å². The summed E-state index contributed by atoms with van der Waals surface area (Å²) in [6, 6.07) is 0.649. The van der Waals surface area contributed by atoms with Gasteiger partial charge in [-0.15, -0.1) is 0 Å². The van der Waals surface area contributed by atoms with E-state index in [1.54, 1.807) is 11.3 Å². The fourth-order valence-corrected chi connectivity index (χ4v) is 2.74. The fraction of sp³-hybridized carbons (Fsp3) is 0.750. The van der Waals surface area contributed by atoms with Crippen molar-refractivity contribution in [2.24, 2.45) is 0 Å². The Hall–Kier alpha value is -0.610. The van der Waals surface area contributed by atoms with Gasteiger partial charge in [-0.2, -0.15) is 0 Å². The Morgan fingerprint density at radius 3 is 2.94 bits per heavy atom. The van der Waals surface area contributed by atoms with Crippen LogP contribution in [0.5, 0.6) is 5.19 Å². The summed E-state index contributed by atoms with van der Waals surface area (Å²) in [7, 11) is 0. The standard InChI is InChI=1S/C12H20N2OS/c1-9-10(2)16-12(14-9)15-8-6-11-5-3-4-7-13-11/h11,13H,3-8H2,1-2H3. The fourth-order valence-electron chi connectivity index (χ4n) is 1.96. The molecule has 0 spiro atoms. The summed E-state index contributed by atoms with van der Waals surface area (Å²) in [6.45, 7) is 6.06. The number of hydrogen-bond donors (Lipinski definition) is 1. The van der Waals surface area contributed by atoms with Crippen molar-refractivity contribution in [3.8, 4) is 5.19 Å². The third kappa shape index (κ3) is 3.19. The van der Waals surface area contributed by atoms with Crippen molar-refractivity contribution in [3.63, 3.8) is 0 Å². The van der Waals surface area contributed by atoms with Gasteiger partial charge in [0.05, 0.1) is 12.3 Å². The maximum absolute atomic E-state index is 5.68. The SMILES string of the molecule is Cc1nc(OCCC2CCCCN2)sc1C. The van der Waals surface area contributed by atoms with Crippen molar-refractivity contribution >= 4 is 11.3 Å². The van der Waals surface area contributed by atoms with Crippen LogP contribution in [-0.4, -0.2) is 24.2 Å². The molecular weight excluding hydrogens is 220 g/mol. The van der Waals surface area contributed by atoms with E-state index in [0.29, 0.717) is 6.04 Å². The number of thiazole rings is 1. The van der Waals surface area contributed by atoms with Gasteiger partial charge in [0.1, 0.15) is 0 Å². The summed E-state index contributed by atoms with van der Waals surface area (Å²) in [5, 5.41) is 4.35. The van der Waals surface area contributed by atoms with Crippen molar-refractivity contribution in [2.75, 3.05) is 13.2 Å². The van der Waals surface area contributed by atoms with Gasteiger partial charge in [-0.1, -0.05) is 17.8 Å². The maximum Gasteiger partial charge on any atom is 0.273 e. The number of nitrogens with zero attached hydrogens (tertiary/aromatic N) is 1. The van der Waals surface area contributed by atoms with E-state index in [4.69, 9.17) is 4.74 Å². The van der Waals surface area contributed by atoms with E-state index in [9.17, 15) is 0 Å². The molecule has 90 valence electrons. The molecule has 1 aromatic rings. The summed E-state index contributed by atoms with van der Waals surface area (Å²) in [5.74, 6) is 0. The Morgan fingerprint density at radius 2 is 2.31 bits per heavy atom. The average Bonchev–Trinajstić information content (AvgIpc) is 2.60. The molecule has 1 unspecified atom stereocenters. The topological polar surface area (TPSA) is 34.1 Å². The van der Waals surface area contributed by atoms with E-state index < -0.39 is 0 Å². The second-order valence-corrected chi connectivity index (χ2v) is 5.57. The molecule has 1 fully saturated rings. The molecule has 3 nitrogen and oxygen atoms in total. The van der Waals surface area contributed by atoms with Crippen molar-refractivity contribution in [3.05, 3.63) is 10.6 Å². The van der Waals surface area contributed by atoms with Crippen molar-refractivity contribution in [2.45, 2.75) is 45.6 Å². The summed E-state index contributed by atoms with van der Waals surface area (Å²) in [6.07, 6.45) is 5.06. The number of rotatable bonds is 4. The van der Waals surface area contributed by atoms with Crippen LogP contribution in [0.25, 0.3) is 0 Å². The average molecular weight is 240 g/mol. The summed E-state index contributed by atoms with van der Waals surface area (Å²) < 4.78 is 5.68. The van der Waals surface area contributed by atoms with Crippen LogP contribution in [0.4, 0.5) is 0 Å². The second-order valence-electron chi connectivity index (χ2n) is 4.41. The van der Waals surface area contributed by atoms with E-state index in [0.717, 1.165) is 23.9 Å². The Kier molecular flexibility index (Phi) is 4.18. The van der Waals surface area contributed by atoms with E-state index in [2.05, 4.69) is 17.2 Å². The third-order valence-corrected chi connectivity index (χ3v) is 4.10. The first-order valence-electron chi connectivity index (χ1n) is 6.06. The van der Waals surface area contributed by atoms with Crippen LogP contribution in [0.15, 0.2) is 0 Å². The van der Waals surface area contributed by atoms with Crippen LogP contribution >= 0.6 is 11.3 Å². The Morgan fingerprint density at radius 1 is 1.44 bits per heavy atom. The minimum absolute atomic E-state index is 0.649. The molecule has 1 aromatic heterocycles. The lowest BCUT2D eigenvalue weighted by Crippen LogP contribution is -2.35. The van der Waals surface area contributed by atoms with Gasteiger partial charge in [-0.05, 0) is 39.7 Å². The first-order valence-corrected chi connectivity index (χ1v) is 6.87. The maximum atomic E-state index is 5.68. The van der Waals surface area contributed by atoms with E-state index in [-0.39, 0.29) is 0 Å². The van der Waals surface area contributed by atoms with E-state index in [1.165, 1.54) is 30.7 Å². The Bertz CT molecular complexity index is 312. The monoisotopic (exact) mass is 240 g/mol. The number of aromatic nitrogens is 1. The van der Waals surface area contributed by atoms with Crippen LogP contribution in [0.2, 0.25) is 0 Å². The molecule has 0 aliphatic carbocycles. The first-order chi connectivity index (χ1) is 7.75. The smallest absolute Gasteiger partial charge is 0.273 e. The lowest BCUT2D eigenvalue weighted by molar-refractivity contribution is 0.267. The number of aryl methyl sites for hydroxylation is 2. The molecule has 0 amide bonds. The highest BCUT2D eigenvalue weighted by Gasteiger charge is 2.12. The van der Waals surface area contributed by atoms with E-state index in [1.807, 2.05) is 6.92 Å². The number of piperidine rings is 1.